The normalized spacial score (nSPS) is 22.6. The van der Waals surface area contributed by atoms with Gasteiger partial charge in [-0.05, 0) is 134 Å². The highest BCUT2D eigenvalue weighted by atomic mass is 16.7. The molecule has 1 aromatic rings. The number of phenolic OH excluding ortho intramolecular Hbond substituents is 1. The molecule has 0 aromatic heterocycles. The van der Waals surface area contributed by atoms with Crippen molar-refractivity contribution < 1.29 is 181 Å². The lowest BCUT2D eigenvalue weighted by molar-refractivity contribution is -0.345. The number of aliphatic hydroxyl groups excluding tert-OH is 8. The van der Waals surface area contributed by atoms with E-state index in [2.05, 4.69) is 85.1 Å². The number of phenols is 1. The van der Waals surface area contributed by atoms with E-state index >= 15 is 4.79 Å². The van der Waals surface area contributed by atoms with Crippen molar-refractivity contribution in [2.45, 2.75) is 316 Å². The van der Waals surface area contributed by atoms with E-state index in [4.69, 9.17) is 36.1 Å². The van der Waals surface area contributed by atoms with Crippen LogP contribution in [-0.4, -0.2) is 402 Å². The molecule has 0 radical (unpaired) electrons. The molecule has 0 spiro atoms. The van der Waals surface area contributed by atoms with Gasteiger partial charge in [0.2, 0.25) is 106 Å². The molecule has 814 valence electrons. The van der Waals surface area contributed by atoms with Gasteiger partial charge in [0, 0.05) is 39.2 Å². The van der Waals surface area contributed by atoms with Crippen LogP contribution in [0.2, 0.25) is 0 Å². The molecule has 57 heteroatoms. The van der Waals surface area contributed by atoms with Crippen LogP contribution in [-0.2, 0) is 126 Å². The van der Waals surface area contributed by atoms with E-state index in [1.807, 2.05) is 0 Å². The van der Waals surface area contributed by atoms with E-state index in [9.17, 15) is 157 Å². The van der Waals surface area contributed by atoms with Gasteiger partial charge in [-0.3, -0.25) is 95.9 Å². The third-order valence-corrected chi connectivity index (χ3v) is 24.0. The second-order valence-electron chi connectivity index (χ2n) is 36.0. The Morgan fingerprint density at radius 2 is 1.04 bits per heavy atom. The standard InChI is InChI=1S/C88H140N20O37/c1-8-40(4)65(83(137)104-53(86(140)141)30-39(2)3)106-79(133)51(31-44-17-19-45(114)20-18-44)103-82(136)56-16-13-29-108(56)85(139)50(15-10-12-28-90)101-75(129)46(14-9-11-27-89)100-84(138)66(42(6)112)107-73(127)41(5)94-78(132)52(32-59(91)115)102-81(135)55(38-142-87-67(95-43(7)113)72(69(124)58(37-111)143-87)145-88-71(126)70(125)68(123)57(36-110)144-88)97-62(118)34-92-61(117)33-93-74(128)47(22-25-63(119)120)98-77(131)49(23-26-64(121)122)99-80(134)54(35-109)105-76(130)48-21-24-60(116)96-48/h17-20,39-42,46-58,65-72,87-88,109-112,114,123-126H,8-16,21-38,89-90H2,1-7H3,(H2,91,115)(H,92,117)(H,93,128)(H,94,132)(H,95,113)(H,96,116)(H,97,118)(H,98,131)(H,99,134)(H,100,138)(H,101,129)(H,102,135)(H,103,136)(H,104,137)(H,105,130)(H,106,133)(H,107,127)(H,119,120)(H,121,122)(H,140,141)/t40-,41-,42+,46-,47-,48-,49-,50-,51-,52-,53-,54-,55-,56-,57+,58+,65-,66-,67+,68-,69-,70-,71+,72+,87-,88-/m0/s1. The average molecular weight is 2070 g/mol. The number of carboxylic acid groups (broad SMARTS) is 3. The van der Waals surface area contributed by atoms with Crippen LogP contribution in [0.25, 0.3) is 0 Å². The molecule has 5 rings (SSSR count). The molecule has 1 aromatic carbocycles. The topological polar surface area (TPSA) is 912 Å². The second kappa shape index (κ2) is 60.9. The number of amides is 18. The molecule has 4 aliphatic heterocycles. The number of aliphatic hydroxyl groups is 8. The Bertz CT molecular complexity index is 4600. The Morgan fingerprint density at radius 3 is 1.59 bits per heavy atom. The van der Waals surface area contributed by atoms with Crippen molar-refractivity contribution in [3.63, 3.8) is 0 Å². The molecule has 26 atom stereocenters. The van der Waals surface area contributed by atoms with Crippen molar-refractivity contribution in [1.29, 1.82) is 0 Å². The Labute approximate surface area is 831 Å². The number of carboxylic acids is 3. The van der Waals surface area contributed by atoms with E-state index in [1.54, 1.807) is 27.7 Å². The molecule has 0 unspecified atom stereocenters. The first-order valence-electron chi connectivity index (χ1n) is 47.4. The fraction of sp³-hybridized carbons (Fsp3) is 0.693. The average Bonchev–Trinajstić information content (AvgIpc) is 1.11. The van der Waals surface area contributed by atoms with Crippen LogP contribution in [0, 0.1) is 11.8 Å². The number of aliphatic carboxylic acids is 3. The van der Waals surface area contributed by atoms with Crippen LogP contribution >= 0.6 is 0 Å². The predicted octanol–water partition coefficient (Wildman–Crippen LogP) is -13.5. The molecule has 4 heterocycles. The maximum atomic E-state index is 15.0. The third-order valence-electron chi connectivity index (χ3n) is 24.0. The summed E-state index contributed by atoms with van der Waals surface area (Å²) in [6.07, 6.45) is -23.0. The summed E-state index contributed by atoms with van der Waals surface area (Å²) in [5.74, 6) is -25.3. The molecular formula is C88H140N20O37. The summed E-state index contributed by atoms with van der Waals surface area (Å²) in [5, 5.41) is 161. The number of carbonyl (C=O) groups excluding carboxylic acids is 18. The lowest BCUT2D eigenvalue weighted by atomic mass is 9.95. The van der Waals surface area contributed by atoms with Gasteiger partial charge >= 0.3 is 17.9 Å². The molecule has 145 heavy (non-hydrogen) atoms. The Hall–Kier alpha value is -12.7. The van der Waals surface area contributed by atoms with Gasteiger partial charge in [0.25, 0.3) is 0 Å². The van der Waals surface area contributed by atoms with Crippen LogP contribution < -0.4 is 102 Å². The highest BCUT2D eigenvalue weighted by Crippen LogP contribution is 2.31. The summed E-state index contributed by atoms with van der Waals surface area (Å²) in [7, 11) is 0. The van der Waals surface area contributed by atoms with Crippen LogP contribution in [0.15, 0.2) is 24.3 Å². The molecular weight excluding hydrogens is 1930 g/mol. The van der Waals surface area contributed by atoms with E-state index < -0.39 is 354 Å². The fourth-order valence-electron chi connectivity index (χ4n) is 15.7. The van der Waals surface area contributed by atoms with Crippen LogP contribution in [0.4, 0.5) is 0 Å². The summed E-state index contributed by atoms with van der Waals surface area (Å²) in [6.45, 7) is 3.24. The molecule has 18 amide bonds. The minimum Gasteiger partial charge on any atom is -0.508 e. The quantitative estimate of drug-likeness (QED) is 0.0269. The van der Waals surface area contributed by atoms with E-state index in [-0.39, 0.29) is 102 Å². The van der Waals surface area contributed by atoms with Gasteiger partial charge in [0.1, 0.15) is 139 Å². The van der Waals surface area contributed by atoms with Crippen LogP contribution in [0.3, 0.4) is 0 Å². The molecule has 4 aliphatic rings. The van der Waals surface area contributed by atoms with Crippen molar-refractivity contribution >= 4 is 124 Å². The summed E-state index contributed by atoms with van der Waals surface area (Å²) < 4.78 is 23.0. The smallest absolute Gasteiger partial charge is 0.326 e. The van der Waals surface area contributed by atoms with Crippen molar-refractivity contribution in [1.82, 2.24) is 90.0 Å². The second-order valence-corrected chi connectivity index (χ2v) is 36.0. The first kappa shape index (κ1) is 123. The summed E-state index contributed by atoms with van der Waals surface area (Å²) >= 11 is 0. The van der Waals surface area contributed by atoms with Crippen molar-refractivity contribution in [2.24, 2.45) is 29.0 Å². The minimum absolute atomic E-state index is 0.0161. The number of aromatic hydroxyl groups is 1. The highest BCUT2D eigenvalue weighted by Gasteiger charge is 2.53. The monoisotopic (exact) mass is 2070 g/mol. The number of nitrogens with two attached hydrogens (primary N) is 3. The number of hydrogen-bond acceptors (Lipinski definition) is 36. The Balaban J connectivity index is 1.40. The predicted molar refractivity (Wildman–Crippen MR) is 495 cm³/mol. The number of rotatable bonds is 62. The number of unbranched alkanes of at least 4 members (excludes halogenated alkanes) is 2. The lowest BCUT2D eigenvalue weighted by Crippen LogP contribution is -2.68. The lowest BCUT2D eigenvalue weighted by Gasteiger charge is -2.47. The summed E-state index contributed by atoms with van der Waals surface area (Å²) in [5.41, 5.74) is 17.7. The largest absolute Gasteiger partial charge is 0.508 e. The van der Waals surface area contributed by atoms with Gasteiger partial charge in [-0.2, -0.15) is 0 Å². The number of primary amides is 1. The van der Waals surface area contributed by atoms with Gasteiger partial charge in [-0.1, -0.05) is 46.2 Å². The summed E-state index contributed by atoms with van der Waals surface area (Å²) in [6, 6.07) is -19.7. The van der Waals surface area contributed by atoms with Crippen LogP contribution in [0.5, 0.6) is 5.75 Å². The first-order valence-corrected chi connectivity index (χ1v) is 47.4. The van der Waals surface area contributed by atoms with Gasteiger partial charge in [0.15, 0.2) is 12.6 Å². The number of ether oxygens (including phenoxy) is 4. The van der Waals surface area contributed by atoms with Crippen molar-refractivity contribution in [2.75, 3.05) is 59.2 Å². The zero-order valence-electron chi connectivity index (χ0n) is 81.2. The number of nitrogens with one attached hydrogen (secondary N) is 16. The number of carbonyl (C=O) groups is 21. The highest BCUT2D eigenvalue weighted by molar-refractivity contribution is 6.02. The fourth-order valence-corrected chi connectivity index (χ4v) is 15.7. The molecule has 4 fully saturated rings. The number of nitrogens with zero attached hydrogens (tertiary/aromatic N) is 1. The molecule has 0 aliphatic carbocycles. The van der Waals surface area contributed by atoms with Gasteiger partial charge < -0.3 is 187 Å². The van der Waals surface area contributed by atoms with E-state index in [1.165, 1.54) is 29.2 Å². The number of benzene rings is 1. The van der Waals surface area contributed by atoms with Crippen molar-refractivity contribution in [3.8, 4) is 5.75 Å². The Kier molecular flexibility index (Phi) is 51.6. The SMILES string of the molecule is CC[C@H](C)[C@H](NC(=O)[C@H](Cc1ccc(O)cc1)NC(=O)[C@@H]1CCCN1C(=O)[C@H](CCCCN)NC(=O)[C@H](CCCCN)NC(=O)[C@@H](NC(=O)[C@H](C)NC(=O)[C@H](CC(N)=O)NC(=O)[C@H](CO[C@H]1O[C@H](CO)[C@H](O)[C@H](O[C@@H]2O[C@H](CO)[C@H](O)[C@H](O)[C@H]2O)[C@H]1NC(C)=O)NC(=O)CNC(=O)CNC(=O)[C@H](CCC(=O)O)NC(=O)[C@H](CCC(=O)O)NC(=O)[C@H](CO)NC(=O)[C@@H]1CCC(=O)N1)[C@@H](C)O)C(=O)N[C@@H](CC(C)C)C(=O)O. The van der Waals surface area contributed by atoms with Gasteiger partial charge in [-0.15, -0.1) is 0 Å². The summed E-state index contributed by atoms with van der Waals surface area (Å²) in [4.78, 5) is 286. The zero-order chi connectivity index (χ0) is 109. The molecule has 34 N–H and O–H groups in total. The zero-order valence-corrected chi connectivity index (χ0v) is 81.2. The van der Waals surface area contributed by atoms with Crippen molar-refractivity contribution in [3.05, 3.63) is 29.8 Å². The maximum absolute atomic E-state index is 15.0. The molecule has 57 nitrogen and oxygen atoms in total. The van der Waals surface area contributed by atoms with E-state index in [0.29, 0.717) is 18.4 Å². The minimum atomic E-state index is -2.27. The third kappa shape index (κ3) is 39.7. The number of likely N-dealkylation sites (tertiary alicyclic amines) is 1. The molecule has 0 saturated carbocycles. The van der Waals surface area contributed by atoms with Gasteiger partial charge in [-0.25, -0.2) is 4.79 Å². The van der Waals surface area contributed by atoms with Crippen LogP contribution in [0.1, 0.15) is 163 Å². The number of hydrogen-bond donors (Lipinski definition) is 31. The first-order chi connectivity index (χ1) is 68.4. The van der Waals surface area contributed by atoms with Gasteiger partial charge in [0.05, 0.1) is 52.0 Å². The Morgan fingerprint density at radius 1 is 0.531 bits per heavy atom. The van der Waals surface area contributed by atoms with E-state index in [0.717, 1.165) is 20.8 Å². The maximum Gasteiger partial charge on any atom is 0.326 e. The molecule has 0 bridgehead atoms. The molecule has 4 saturated heterocycles.